The Morgan fingerprint density at radius 3 is 1.11 bits per heavy atom. The smallest absolute Gasteiger partial charge is 0.0431 e. The van der Waals surface area contributed by atoms with Crippen LogP contribution in [0.1, 0.15) is 68.7 Å². The van der Waals surface area contributed by atoms with Crippen molar-refractivity contribution in [1.82, 2.24) is 15.1 Å². The minimum atomic E-state index is 0.112. The first kappa shape index (κ1) is 15.9. The van der Waals surface area contributed by atoms with Crippen LogP contribution in [-0.4, -0.2) is 44.8 Å². The van der Waals surface area contributed by atoms with Gasteiger partial charge in [0.2, 0.25) is 0 Å². The molecule has 0 aromatic heterocycles. The first-order valence-corrected chi connectivity index (χ1v) is 7.20. The maximum Gasteiger partial charge on any atom is 0.0431 e. The van der Waals surface area contributed by atoms with Crippen LogP contribution in [0.3, 0.4) is 0 Å². The highest BCUT2D eigenvalue weighted by atomic mass is 15.9. The van der Waals surface area contributed by atoms with Crippen molar-refractivity contribution in [3.63, 3.8) is 0 Å². The van der Waals surface area contributed by atoms with Crippen molar-refractivity contribution >= 4 is 0 Å². The largest absolute Gasteiger partial charge is 0.222 e. The van der Waals surface area contributed by atoms with Gasteiger partial charge in [0.15, 0.2) is 0 Å². The van der Waals surface area contributed by atoms with Crippen molar-refractivity contribution in [3.8, 4) is 0 Å². The van der Waals surface area contributed by atoms with Gasteiger partial charge in [-0.1, -0.05) is 0 Å². The summed E-state index contributed by atoms with van der Waals surface area (Å²) in [5.41, 5.74) is 0.440. The van der Waals surface area contributed by atoms with Crippen LogP contribution in [0.15, 0.2) is 0 Å². The predicted molar refractivity (Wildman–Crippen MR) is 79.1 cm³/mol. The normalized spacial score (nSPS) is 22.5. The van der Waals surface area contributed by atoms with E-state index in [1.807, 2.05) is 0 Å². The van der Waals surface area contributed by atoms with Crippen molar-refractivity contribution in [3.05, 3.63) is 0 Å². The Bertz CT molecular complexity index is 256. The molecule has 0 aromatic carbocycles. The lowest BCUT2D eigenvalue weighted by Crippen LogP contribution is -2.72. The van der Waals surface area contributed by atoms with Crippen molar-refractivity contribution in [1.29, 1.82) is 0 Å². The van der Waals surface area contributed by atoms with Gasteiger partial charge in [-0.25, -0.2) is 10.0 Å². The Hall–Kier alpha value is -0.120. The van der Waals surface area contributed by atoms with Crippen molar-refractivity contribution in [2.45, 2.75) is 85.4 Å². The van der Waals surface area contributed by atoms with Gasteiger partial charge in [-0.3, -0.25) is 0 Å². The van der Waals surface area contributed by atoms with E-state index in [0.29, 0.717) is 0 Å². The van der Waals surface area contributed by atoms with E-state index < -0.39 is 0 Å². The maximum absolute atomic E-state index is 2.53. The molecule has 3 heteroatoms. The molecule has 1 aliphatic heterocycles. The second-order valence-electron chi connectivity index (χ2n) is 8.40. The molecule has 0 aromatic rings. The van der Waals surface area contributed by atoms with E-state index in [4.69, 9.17) is 0 Å². The van der Waals surface area contributed by atoms with Gasteiger partial charge in [0.25, 0.3) is 0 Å². The van der Waals surface area contributed by atoms with E-state index in [1.165, 1.54) is 6.42 Å². The van der Waals surface area contributed by atoms with E-state index in [2.05, 4.69) is 77.4 Å². The predicted octanol–water partition coefficient (Wildman–Crippen LogP) is 3.52. The standard InChI is InChI=1S/C15H33N3/c1-13(2,3)16-11-10-12-17(14(4,5)6)18(16)15(7,8)9/h10-12H2,1-9H3. The van der Waals surface area contributed by atoms with E-state index in [9.17, 15) is 0 Å². The molecule has 0 aliphatic carbocycles. The van der Waals surface area contributed by atoms with Crippen LogP contribution < -0.4 is 0 Å². The topological polar surface area (TPSA) is 9.72 Å². The van der Waals surface area contributed by atoms with Crippen molar-refractivity contribution < 1.29 is 0 Å². The quantitative estimate of drug-likeness (QED) is 0.656. The zero-order chi connectivity index (χ0) is 14.4. The first-order valence-electron chi connectivity index (χ1n) is 7.20. The molecule has 1 fully saturated rings. The third-order valence-electron chi connectivity index (χ3n) is 3.35. The van der Waals surface area contributed by atoms with Gasteiger partial charge in [-0.05, 0) is 68.7 Å². The van der Waals surface area contributed by atoms with Crippen molar-refractivity contribution in [2.24, 2.45) is 0 Å². The molecule has 0 N–H and O–H groups in total. The summed E-state index contributed by atoms with van der Waals surface area (Å²) < 4.78 is 0. The molecule has 1 heterocycles. The average Bonchev–Trinajstić information content (AvgIpc) is 2.12. The van der Waals surface area contributed by atoms with Gasteiger partial charge in [0.1, 0.15) is 0 Å². The lowest BCUT2D eigenvalue weighted by atomic mass is 10.0. The van der Waals surface area contributed by atoms with Gasteiger partial charge < -0.3 is 0 Å². The fourth-order valence-electron chi connectivity index (χ4n) is 2.65. The first-order chi connectivity index (χ1) is 7.85. The van der Waals surface area contributed by atoms with Crippen LogP contribution in [0, 0.1) is 0 Å². The monoisotopic (exact) mass is 255 g/mol. The highest BCUT2D eigenvalue weighted by Crippen LogP contribution is 2.33. The number of hydrogen-bond donors (Lipinski definition) is 0. The number of nitrogens with zero attached hydrogens (tertiary/aromatic N) is 3. The molecule has 1 rings (SSSR count). The molecule has 1 aliphatic rings. The van der Waals surface area contributed by atoms with Crippen molar-refractivity contribution in [2.75, 3.05) is 13.1 Å². The molecule has 0 amide bonds. The molecule has 3 nitrogen and oxygen atoms in total. The zero-order valence-corrected chi connectivity index (χ0v) is 14.0. The summed E-state index contributed by atoms with van der Waals surface area (Å²) in [6.45, 7) is 23.0. The van der Waals surface area contributed by atoms with Crippen LogP contribution in [0.2, 0.25) is 0 Å². The highest BCUT2D eigenvalue weighted by Gasteiger charge is 2.43. The van der Waals surface area contributed by atoms with E-state index in [1.54, 1.807) is 0 Å². The second-order valence-corrected chi connectivity index (χ2v) is 8.40. The molecule has 0 atom stereocenters. The second kappa shape index (κ2) is 4.77. The fourth-order valence-corrected chi connectivity index (χ4v) is 2.65. The highest BCUT2D eigenvalue weighted by molar-refractivity contribution is 4.88. The molecule has 18 heavy (non-hydrogen) atoms. The van der Waals surface area contributed by atoms with E-state index in [0.717, 1.165) is 13.1 Å². The lowest BCUT2D eigenvalue weighted by Gasteiger charge is -2.60. The molecule has 0 radical (unpaired) electrons. The summed E-state index contributed by atoms with van der Waals surface area (Å²) in [6, 6.07) is 0. The van der Waals surface area contributed by atoms with Gasteiger partial charge in [-0.15, -0.1) is 0 Å². The van der Waals surface area contributed by atoms with Gasteiger partial charge in [-0.2, -0.15) is 5.12 Å². The summed E-state index contributed by atoms with van der Waals surface area (Å²) in [5, 5.41) is 7.56. The Labute approximate surface area is 114 Å². The van der Waals surface area contributed by atoms with Crippen LogP contribution in [0.25, 0.3) is 0 Å². The van der Waals surface area contributed by atoms with Gasteiger partial charge in [0, 0.05) is 29.7 Å². The Kier molecular flexibility index (Phi) is 4.22. The molecule has 108 valence electrons. The molecule has 0 saturated carbocycles. The number of rotatable bonds is 0. The minimum absolute atomic E-state index is 0.112. The average molecular weight is 255 g/mol. The molecular formula is C15H33N3. The lowest BCUT2D eigenvalue weighted by molar-refractivity contribution is -0.309. The summed E-state index contributed by atoms with van der Waals surface area (Å²) in [4.78, 5) is 0. The Morgan fingerprint density at radius 2 is 0.889 bits per heavy atom. The van der Waals surface area contributed by atoms with E-state index in [-0.39, 0.29) is 16.6 Å². The molecule has 0 spiro atoms. The number of hydrogen-bond acceptors (Lipinski definition) is 3. The van der Waals surface area contributed by atoms with Crippen LogP contribution in [0.5, 0.6) is 0 Å². The molecular weight excluding hydrogens is 222 g/mol. The summed E-state index contributed by atoms with van der Waals surface area (Å²) in [6.07, 6.45) is 1.24. The molecule has 0 bridgehead atoms. The van der Waals surface area contributed by atoms with Gasteiger partial charge >= 0.3 is 0 Å². The van der Waals surface area contributed by atoms with Crippen LogP contribution in [-0.2, 0) is 0 Å². The third kappa shape index (κ3) is 3.46. The Balaban J connectivity index is 3.14. The van der Waals surface area contributed by atoms with Crippen LogP contribution in [0.4, 0.5) is 0 Å². The SMILES string of the molecule is CC(C)(C)N1CCCN(C(C)(C)C)N1C(C)(C)C. The fraction of sp³-hybridized carbons (Fsp3) is 1.00. The summed E-state index contributed by atoms with van der Waals surface area (Å²) in [5.74, 6) is 0. The molecule has 1 saturated heterocycles. The zero-order valence-electron chi connectivity index (χ0n) is 14.0. The van der Waals surface area contributed by atoms with Gasteiger partial charge in [0.05, 0.1) is 0 Å². The summed E-state index contributed by atoms with van der Waals surface area (Å²) in [7, 11) is 0. The molecule has 0 unspecified atom stereocenters. The third-order valence-corrected chi connectivity index (χ3v) is 3.35. The number of hydrazine groups is 2. The maximum atomic E-state index is 2.53. The minimum Gasteiger partial charge on any atom is -0.222 e. The Morgan fingerprint density at radius 1 is 0.556 bits per heavy atom. The summed E-state index contributed by atoms with van der Waals surface area (Å²) >= 11 is 0. The van der Waals surface area contributed by atoms with E-state index >= 15 is 0 Å². The van der Waals surface area contributed by atoms with Crippen LogP contribution >= 0.6 is 0 Å².